The summed E-state index contributed by atoms with van der Waals surface area (Å²) in [6.07, 6.45) is 0. The second-order valence-electron chi connectivity index (χ2n) is 13.0. The molecule has 0 amide bonds. The maximum absolute atomic E-state index is 6.57. The van der Waals surface area contributed by atoms with Crippen molar-refractivity contribution in [2.24, 2.45) is 0 Å². The van der Waals surface area contributed by atoms with E-state index < -0.39 is 5.41 Å². The summed E-state index contributed by atoms with van der Waals surface area (Å²) in [7, 11) is 0. The maximum Gasteiger partial charge on any atom is 0.149 e. The molecule has 3 aliphatic carbocycles. The molecule has 47 heavy (non-hydrogen) atoms. The summed E-state index contributed by atoms with van der Waals surface area (Å²) in [5, 5.41) is 2.19. The molecule has 11 rings (SSSR count). The molecule has 0 spiro atoms. The average molecular weight is 603 g/mol. The molecule has 0 atom stereocenters. The van der Waals surface area contributed by atoms with Crippen molar-refractivity contribution in [2.45, 2.75) is 25.2 Å². The van der Waals surface area contributed by atoms with Gasteiger partial charge in [0.25, 0.3) is 0 Å². The highest BCUT2D eigenvalue weighted by molar-refractivity contribution is 6.09. The monoisotopic (exact) mass is 602 g/mol. The van der Waals surface area contributed by atoms with E-state index >= 15 is 0 Å². The van der Waals surface area contributed by atoms with Crippen LogP contribution in [0.3, 0.4) is 0 Å². The maximum atomic E-state index is 6.57. The van der Waals surface area contributed by atoms with E-state index in [2.05, 4.69) is 141 Å². The van der Waals surface area contributed by atoms with Gasteiger partial charge in [0.2, 0.25) is 0 Å². The highest BCUT2D eigenvalue weighted by Crippen LogP contribution is 2.61. The topological polar surface area (TPSA) is 38.9 Å². The summed E-state index contributed by atoms with van der Waals surface area (Å²) in [6, 6.07) is 49.9. The normalized spacial score (nSPS) is 17.4. The number of fused-ring (bicyclic) bond motifs is 3. The van der Waals surface area contributed by atoms with Crippen LogP contribution in [0.4, 0.5) is 0 Å². The molecule has 0 saturated carbocycles. The van der Waals surface area contributed by atoms with Crippen LogP contribution in [0.15, 0.2) is 144 Å². The Balaban J connectivity index is 1.36. The molecule has 6 aromatic carbocycles. The van der Waals surface area contributed by atoms with Crippen LogP contribution in [0.5, 0.6) is 0 Å². The summed E-state index contributed by atoms with van der Waals surface area (Å²) in [6.45, 7) is 4.44. The Hall–Kier alpha value is -5.80. The first kappa shape index (κ1) is 26.4. The zero-order chi connectivity index (χ0) is 31.3. The van der Waals surface area contributed by atoms with Crippen molar-refractivity contribution < 1.29 is 4.42 Å². The standard InChI is InChI=1S/C44H30N2O/c1-26-23-34-37(24-27(26)2)44(35-20-9-6-16-31(35)41(34)32-17-7-10-21-36(32)44)43-45-38(28-13-4-3-5-14-28)25-39(46-43)33-19-12-18-30-29-15-8-11-22-40(29)47-42(30)33/h3-25,41H,1-2H3. The number of para-hydroxylation sites is 2. The number of nitrogens with zero attached hydrogens (tertiary/aromatic N) is 2. The Labute approximate surface area is 273 Å². The molecule has 2 heterocycles. The third-order valence-electron chi connectivity index (χ3n) is 10.5. The molecule has 3 aliphatic rings. The quantitative estimate of drug-likeness (QED) is 0.202. The zero-order valence-corrected chi connectivity index (χ0v) is 26.2. The lowest BCUT2D eigenvalue weighted by Gasteiger charge is -2.50. The van der Waals surface area contributed by atoms with Gasteiger partial charge in [0.05, 0.1) is 11.4 Å². The second kappa shape index (κ2) is 9.60. The highest BCUT2D eigenvalue weighted by atomic mass is 16.3. The molecule has 3 nitrogen and oxygen atoms in total. The van der Waals surface area contributed by atoms with Crippen LogP contribution in [-0.2, 0) is 5.41 Å². The van der Waals surface area contributed by atoms with Gasteiger partial charge in [-0.2, -0.15) is 0 Å². The fourth-order valence-corrected chi connectivity index (χ4v) is 8.34. The predicted molar refractivity (Wildman–Crippen MR) is 189 cm³/mol. The van der Waals surface area contributed by atoms with Gasteiger partial charge >= 0.3 is 0 Å². The van der Waals surface area contributed by atoms with Crippen molar-refractivity contribution in [3.8, 4) is 22.5 Å². The molecule has 8 aromatic rings. The van der Waals surface area contributed by atoms with Crippen LogP contribution in [0.2, 0.25) is 0 Å². The third-order valence-corrected chi connectivity index (χ3v) is 10.5. The number of aromatic nitrogens is 2. The van der Waals surface area contributed by atoms with Crippen LogP contribution in [0, 0.1) is 13.8 Å². The molecule has 2 bridgehead atoms. The van der Waals surface area contributed by atoms with Gasteiger partial charge in [-0.15, -0.1) is 0 Å². The van der Waals surface area contributed by atoms with Gasteiger partial charge in [-0.1, -0.05) is 121 Å². The average Bonchev–Trinajstić information content (AvgIpc) is 3.51. The largest absolute Gasteiger partial charge is 0.455 e. The number of rotatable bonds is 3. The lowest BCUT2D eigenvalue weighted by Crippen LogP contribution is -2.44. The molecular formula is C44H30N2O. The van der Waals surface area contributed by atoms with E-state index in [4.69, 9.17) is 14.4 Å². The Bertz CT molecular complexity index is 2510. The number of benzene rings is 6. The Morgan fingerprint density at radius 3 is 1.96 bits per heavy atom. The summed E-state index contributed by atoms with van der Waals surface area (Å²) in [5.74, 6) is 0.948. The van der Waals surface area contributed by atoms with Gasteiger partial charge in [-0.25, -0.2) is 9.97 Å². The van der Waals surface area contributed by atoms with Crippen molar-refractivity contribution in [1.82, 2.24) is 9.97 Å². The minimum atomic E-state index is -0.697. The van der Waals surface area contributed by atoms with Gasteiger partial charge in [0.15, 0.2) is 0 Å². The summed E-state index contributed by atoms with van der Waals surface area (Å²) in [4.78, 5) is 11.2. The van der Waals surface area contributed by atoms with Crippen molar-refractivity contribution >= 4 is 21.9 Å². The fourth-order valence-electron chi connectivity index (χ4n) is 8.34. The molecule has 0 saturated heterocycles. The first-order valence-electron chi connectivity index (χ1n) is 16.3. The van der Waals surface area contributed by atoms with Gasteiger partial charge in [0.1, 0.15) is 22.4 Å². The van der Waals surface area contributed by atoms with Gasteiger partial charge in [0, 0.05) is 27.8 Å². The van der Waals surface area contributed by atoms with Crippen molar-refractivity contribution in [3.05, 3.63) is 190 Å². The van der Waals surface area contributed by atoms with E-state index in [1.165, 1.54) is 44.5 Å². The highest BCUT2D eigenvalue weighted by Gasteiger charge is 2.54. The molecule has 0 radical (unpaired) electrons. The van der Waals surface area contributed by atoms with Crippen molar-refractivity contribution in [2.75, 3.05) is 0 Å². The zero-order valence-electron chi connectivity index (χ0n) is 26.2. The molecular weight excluding hydrogens is 572 g/mol. The Morgan fingerprint density at radius 2 is 1.17 bits per heavy atom. The van der Waals surface area contributed by atoms with E-state index in [0.29, 0.717) is 0 Å². The second-order valence-corrected chi connectivity index (χ2v) is 13.0. The number of furan rings is 1. The third kappa shape index (κ3) is 3.51. The molecule has 0 unspecified atom stereocenters. The predicted octanol–water partition coefficient (Wildman–Crippen LogP) is 10.5. The number of aryl methyl sites for hydroxylation is 2. The Kier molecular flexibility index (Phi) is 5.40. The molecule has 3 heteroatoms. The van der Waals surface area contributed by atoms with E-state index in [0.717, 1.165) is 50.3 Å². The van der Waals surface area contributed by atoms with Gasteiger partial charge in [-0.05, 0) is 76.6 Å². The lowest BCUT2D eigenvalue weighted by molar-refractivity contribution is 0.593. The Morgan fingerprint density at radius 1 is 0.532 bits per heavy atom. The van der Waals surface area contributed by atoms with Crippen LogP contribution in [-0.4, -0.2) is 9.97 Å². The summed E-state index contributed by atoms with van der Waals surface area (Å²) < 4.78 is 6.57. The molecule has 0 fully saturated rings. The van der Waals surface area contributed by atoms with Gasteiger partial charge in [-0.3, -0.25) is 0 Å². The van der Waals surface area contributed by atoms with Crippen LogP contribution in [0.1, 0.15) is 56.2 Å². The minimum absolute atomic E-state index is 0.166. The van der Waals surface area contributed by atoms with Crippen LogP contribution in [0.25, 0.3) is 44.5 Å². The number of hydrogen-bond acceptors (Lipinski definition) is 3. The molecule has 222 valence electrons. The van der Waals surface area contributed by atoms with E-state index in [1.54, 1.807) is 0 Å². The smallest absolute Gasteiger partial charge is 0.149 e. The van der Waals surface area contributed by atoms with Crippen LogP contribution < -0.4 is 0 Å². The molecule has 0 N–H and O–H groups in total. The lowest BCUT2D eigenvalue weighted by atomic mass is 9.52. The minimum Gasteiger partial charge on any atom is -0.455 e. The van der Waals surface area contributed by atoms with E-state index in [9.17, 15) is 0 Å². The van der Waals surface area contributed by atoms with Crippen molar-refractivity contribution in [1.29, 1.82) is 0 Å². The molecule has 2 aromatic heterocycles. The SMILES string of the molecule is Cc1cc2c(cc1C)C1(c3nc(-c4ccccc4)cc(-c4cccc5c4oc4ccccc45)n3)c3ccccc3C2c2ccccc21. The van der Waals surface area contributed by atoms with E-state index in [1.807, 2.05) is 12.1 Å². The number of hydrogen-bond donors (Lipinski definition) is 0. The summed E-state index contributed by atoms with van der Waals surface area (Å²) >= 11 is 0. The fraction of sp³-hybridized carbons (Fsp3) is 0.0909. The first-order valence-corrected chi connectivity index (χ1v) is 16.3. The van der Waals surface area contributed by atoms with E-state index in [-0.39, 0.29) is 5.92 Å². The van der Waals surface area contributed by atoms with Crippen molar-refractivity contribution in [3.63, 3.8) is 0 Å². The van der Waals surface area contributed by atoms with Gasteiger partial charge < -0.3 is 4.42 Å². The first-order chi connectivity index (χ1) is 23.1. The molecule has 0 aliphatic heterocycles. The summed E-state index contributed by atoms with van der Waals surface area (Å²) in [5.41, 5.74) is 15.2. The van der Waals surface area contributed by atoms with Crippen LogP contribution >= 0.6 is 0 Å².